The van der Waals surface area contributed by atoms with E-state index in [4.69, 9.17) is 0 Å². The van der Waals surface area contributed by atoms with Gasteiger partial charge in [-0.25, -0.2) is 10.4 Å². The van der Waals surface area contributed by atoms with Crippen LogP contribution >= 0.6 is 11.8 Å². The Kier molecular flexibility index (Phi) is 4.03. The molecule has 0 bridgehead atoms. The highest BCUT2D eigenvalue weighted by Gasteiger charge is 2.18. The number of fused-ring (bicyclic) bond motifs is 1. The van der Waals surface area contributed by atoms with Gasteiger partial charge in [0, 0.05) is 12.3 Å². The zero-order valence-corrected chi connectivity index (χ0v) is 11.6. The van der Waals surface area contributed by atoms with Crippen molar-refractivity contribution in [2.24, 2.45) is 5.10 Å². The van der Waals surface area contributed by atoms with Gasteiger partial charge >= 0.3 is 0 Å². The molecule has 2 rings (SSSR count). The van der Waals surface area contributed by atoms with Crippen LogP contribution in [-0.4, -0.2) is 53.0 Å². The lowest BCUT2D eigenvalue weighted by Crippen LogP contribution is -2.30. The molecule has 98 valence electrons. The largest absolute Gasteiger partial charge is 0.317 e. The number of hydrazone groups is 1. The second kappa shape index (κ2) is 5.53. The van der Waals surface area contributed by atoms with E-state index < -0.39 is 0 Å². The molecule has 1 N–H and O–H groups in total. The fourth-order valence-corrected chi connectivity index (χ4v) is 2.77. The molecule has 1 aliphatic rings. The Balaban J connectivity index is 1.99. The Morgan fingerprint density at radius 1 is 1.67 bits per heavy atom. The van der Waals surface area contributed by atoms with Gasteiger partial charge in [0.15, 0.2) is 5.16 Å². The molecule has 0 aliphatic carbocycles. The Labute approximate surface area is 110 Å². The van der Waals surface area contributed by atoms with Crippen LogP contribution in [-0.2, 0) is 11.3 Å². The molecular formula is C11H17N5OS. The van der Waals surface area contributed by atoms with Gasteiger partial charge in [0.2, 0.25) is 0 Å². The van der Waals surface area contributed by atoms with Crippen molar-refractivity contribution in [1.29, 1.82) is 0 Å². The molecule has 0 atom stereocenters. The maximum absolute atomic E-state index is 11.4. The Morgan fingerprint density at radius 2 is 2.44 bits per heavy atom. The number of imidazole rings is 1. The van der Waals surface area contributed by atoms with Crippen LogP contribution in [0.5, 0.6) is 0 Å². The lowest BCUT2D eigenvalue weighted by molar-refractivity contribution is -0.121. The molecule has 2 heterocycles. The van der Waals surface area contributed by atoms with Gasteiger partial charge in [-0.1, -0.05) is 11.8 Å². The van der Waals surface area contributed by atoms with E-state index >= 15 is 0 Å². The summed E-state index contributed by atoms with van der Waals surface area (Å²) in [5, 5.41) is 5.02. The van der Waals surface area contributed by atoms with Crippen LogP contribution in [0.1, 0.15) is 11.4 Å². The van der Waals surface area contributed by atoms with E-state index in [9.17, 15) is 4.79 Å². The molecule has 1 amide bonds. The number of aromatic nitrogens is 2. The van der Waals surface area contributed by atoms with Crippen molar-refractivity contribution < 1.29 is 4.79 Å². The minimum absolute atomic E-state index is 0.121. The minimum atomic E-state index is -0.121. The molecule has 7 heteroatoms. The van der Waals surface area contributed by atoms with E-state index in [0.717, 1.165) is 28.8 Å². The number of likely N-dealkylation sites (N-methyl/N-ethyl adjacent to an activating group) is 1. The number of carbonyl (C=O) groups is 1. The van der Waals surface area contributed by atoms with E-state index in [-0.39, 0.29) is 5.91 Å². The summed E-state index contributed by atoms with van der Waals surface area (Å²) >= 11 is 1.75. The molecule has 0 saturated heterocycles. The average molecular weight is 267 g/mol. The van der Waals surface area contributed by atoms with Crippen LogP contribution in [0.3, 0.4) is 0 Å². The summed E-state index contributed by atoms with van der Waals surface area (Å²) in [6.45, 7) is 3.24. The van der Waals surface area contributed by atoms with Crippen molar-refractivity contribution >= 4 is 23.9 Å². The van der Waals surface area contributed by atoms with E-state index in [2.05, 4.69) is 20.1 Å². The number of hydrogen-bond acceptors (Lipinski definition) is 5. The van der Waals surface area contributed by atoms with Crippen molar-refractivity contribution in [2.45, 2.75) is 18.6 Å². The number of hydrogen-bond donors (Lipinski definition) is 1. The summed E-state index contributed by atoms with van der Waals surface area (Å²) in [7, 11) is 3.68. The van der Waals surface area contributed by atoms with E-state index in [1.807, 2.05) is 21.0 Å². The number of carbonyl (C=O) groups excluding carboxylic acids is 1. The number of nitrogens with one attached hydrogen (secondary N) is 1. The first-order chi connectivity index (χ1) is 8.58. The van der Waals surface area contributed by atoms with Gasteiger partial charge in [0.25, 0.3) is 5.91 Å². The van der Waals surface area contributed by atoms with Gasteiger partial charge in [0.05, 0.1) is 24.1 Å². The number of rotatable bonds is 4. The summed E-state index contributed by atoms with van der Waals surface area (Å²) in [5.41, 5.74) is 4.43. The molecule has 1 aliphatic heterocycles. The van der Waals surface area contributed by atoms with E-state index in [1.54, 1.807) is 22.9 Å². The van der Waals surface area contributed by atoms with Crippen LogP contribution in [0, 0.1) is 6.92 Å². The van der Waals surface area contributed by atoms with Crippen molar-refractivity contribution in [3.63, 3.8) is 0 Å². The number of thioether (sulfide) groups is 1. The average Bonchev–Trinajstić information content (AvgIpc) is 2.80. The molecule has 1 aromatic rings. The molecular weight excluding hydrogens is 250 g/mol. The molecule has 0 spiro atoms. The summed E-state index contributed by atoms with van der Waals surface area (Å²) in [4.78, 5) is 17.7. The van der Waals surface area contributed by atoms with E-state index in [0.29, 0.717) is 6.54 Å². The highest BCUT2D eigenvalue weighted by molar-refractivity contribution is 7.99. The monoisotopic (exact) mass is 267 g/mol. The third kappa shape index (κ3) is 2.91. The van der Waals surface area contributed by atoms with Gasteiger partial charge in [0.1, 0.15) is 0 Å². The minimum Gasteiger partial charge on any atom is -0.317 e. The molecule has 0 fully saturated rings. The second-order valence-electron chi connectivity index (χ2n) is 4.40. The second-order valence-corrected chi connectivity index (χ2v) is 5.46. The molecule has 0 radical (unpaired) electrons. The first-order valence-electron chi connectivity index (χ1n) is 5.74. The van der Waals surface area contributed by atoms with Crippen molar-refractivity contribution in [3.8, 4) is 0 Å². The van der Waals surface area contributed by atoms with Gasteiger partial charge in [-0.05, 0) is 21.0 Å². The van der Waals surface area contributed by atoms with Gasteiger partial charge in [-0.2, -0.15) is 5.10 Å². The molecule has 0 unspecified atom stereocenters. The molecule has 1 aromatic heterocycles. The number of aryl methyl sites for hydroxylation is 1. The van der Waals surface area contributed by atoms with Crippen LogP contribution in [0.15, 0.2) is 10.3 Å². The Bertz CT molecular complexity index is 480. The lowest BCUT2D eigenvalue weighted by Gasteiger charge is -2.06. The number of amides is 1. The first-order valence-corrected chi connectivity index (χ1v) is 6.73. The maximum atomic E-state index is 11.4. The molecule has 0 aromatic carbocycles. The third-order valence-corrected chi connectivity index (χ3v) is 3.49. The lowest BCUT2D eigenvalue weighted by atomic mass is 10.3. The summed E-state index contributed by atoms with van der Waals surface area (Å²) < 4.78 is 2.13. The van der Waals surface area contributed by atoms with Gasteiger partial charge in [-0.3, -0.25) is 4.79 Å². The molecule has 0 saturated carbocycles. The van der Waals surface area contributed by atoms with Crippen LogP contribution < -0.4 is 5.43 Å². The normalized spacial score (nSPS) is 14.4. The SMILES string of the molecule is Cc1nc2n(c1/C=N/NC(=O)CN(C)C)CCS2. The first kappa shape index (κ1) is 13.1. The van der Waals surface area contributed by atoms with Crippen LogP contribution in [0.25, 0.3) is 0 Å². The quantitative estimate of drug-likeness (QED) is 0.630. The number of nitrogens with zero attached hydrogens (tertiary/aromatic N) is 4. The van der Waals surface area contributed by atoms with E-state index in [1.165, 1.54) is 0 Å². The van der Waals surface area contributed by atoms with Gasteiger partial charge in [-0.15, -0.1) is 0 Å². The third-order valence-electron chi connectivity index (χ3n) is 2.54. The van der Waals surface area contributed by atoms with Crippen molar-refractivity contribution in [3.05, 3.63) is 11.4 Å². The summed E-state index contributed by atoms with van der Waals surface area (Å²) in [6, 6.07) is 0. The topological polar surface area (TPSA) is 62.5 Å². The fraction of sp³-hybridized carbons (Fsp3) is 0.545. The standard InChI is InChI=1S/C11H17N5OS/c1-8-9(16-4-5-18-11(16)13-8)6-12-14-10(17)7-15(2)3/h6H,4-5,7H2,1-3H3,(H,14,17)/b12-6+. The summed E-state index contributed by atoms with van der Waals surface area (Å²) in [5.74, 6) is 0.931. The molecule has 18 heavy (non-hydrogen) atoms. The highest BCUT2D eigenvalue weighted by atomic mass is 32.2. The summed E-state index contributed by atoms with van der Waals surface area (Å²) in [6.07, 6.45) is 1.67. The zero-order valence-electron chi connectivity index (χ0n) is 10.8. The Morgan fingerprint density at radius 3 is 3.17 bits per heavy atom. The fourth-order valence-electron chi connectivity index (χ4n) is 1.77. The molecule has 6 nitrogen and oxygen atoms in total. The predicted molar refractivity (Wildman–Crippen MR) is 72.0 cm³/mol. The van der Waals surface area contributed by atoms with Crippen LogP contribution in [0.4, 0.5) is 0 Å². The Hall–Kier alpha value is -1.34. The van der Waals surface area contributed by atoms with Crippen molar-refractivity contribution in [1.82, 2.24) is 19.9 Å². The van der Waals surface area contributed by atoms with Gasteiger partial charge < -0.3 is 9.47 Å². The smallest absolute Gasteiger partial charge is 0.254 e. The maximum Gasteiger partial charge on any atom is 0.254 e. The zero-order chi connectivity index (χ0) is 13.1. The van der Waals surface area contributed by atoms with Crippen LogP contribution in [0.2, 0.25) is 0 Å². The van der Waals surface area contributed by atoms with Crippen molar-refractivity contribution in [2.75, 3.05) is 26.4 Å². The predicted octanol–water partition coefficient (Wildman–Crippen LogP) is 0.309. The highest BCUT2D eigenvalue weighted by Crippen LogP contribution is 2.26.